The second kappa shape index (κ2) is 24.8. The molecule has 0 bridgehead atoms. The summed E-state index contributed by atoms with van der Waals surface area (Å²) in [5.41, 5.74) is -0.361. The Bertz CT molecular complexity index is 486. The van der Waals surface area contributed by atoms with Gasteiger partial charge in [-0.2, -0.15) is 0 Å². The molecule has 0 fully saturated rings. The number of carboxylic acids is 2. The van der Waals surface area contributed by atoms with Crippen LogP contribution in [0.4, 0.5) is 0 Å². The molecule has 0 saturated heterocycles. The van der Waals surface area contributed by atoms with Gasteiger partial charge < -0.3 is 19.8 Å². The van der Waals surface area contributed by atoms with Crippen molar-refractivity contribution in [3.63, 3.8) is 0 Å². The Morgan fingerprint density at radius 3 is 0.892 bits per heavy atom. The van der Waals surface area contributed by atoms with Gasteiger partial charge in [0.2, 0.25) is 0 Å². The maximum absolute atomic E-state index is 11.1. The molecule has 0 rings (SSSR count). The molecule has 0 amide bonds. The summed E-state index contributed by atoms with van der Waals surface area (Å²) in [6.45, 7) is 16.4. The van der Waals surface area contributed by atoms with E-state index in [1.54, 1.807) is 0 Å². The second-order valence-corrected chi connectivity index (χ2v) is 13.0. The van der Waals surface area contributed by atoms with E-state index in [1.165, 1.54) is 77.0 Å². The first-order valence-electron chi connectivity index (χ1n) is 15.2. The third kappa shape index (κ3) is 25.8. The van der Waals surface area contributed by atoms with Crippen LogP contribution in [-0.4, -0.2) is 35.8 Å². The Labute approximate surface area is 248 Å². The molecule has 0 saturated carbocycles. The van der Waals surface area contributed by atoms with Gasteiger partial charge >= 0.3 is 23.9 Å². The zero-order valence-electron chi connectivity index (χ0n) is 26.0. The fourth-order valence-corrected chi connectivity index (χ4v) is 4.77. The molecule has 0 aliphatic carbocycles. The molecule has 5 heteroatoms. The largest absolute Gasteiger partial charge is 2.00 e. The average molecular weight is 630 g/mol. The maximum Gasteiger partial charge on any atom is 2.00 e. The summed E-state index contributed by atoms with van der Waals surface area (Å²) in [4.78, 5) is 22.1. The fraction of sp³-hybridized carbons (Fsp3) is 0.938. The normalized spacial score (nSPS) is 13.2. The van der Waals surface area contributed by atoms with Gasteiger partial charge in [-0.25, -0.2) is 0 Å². The minimum absolute atomic E-state index is 0. The smallest absolute Gasteiger partial charge is 0.550 e. The molecule has 0 aromatic rings. The summed E-state index contributed by atoms with van der Waals surface area (Å²) < 4.78 is 0. The van der Waals surface area contributed by atoms with Crippen molar-refractivity contribution in [1.29, 1.82) is 0 Å². The molecule has 4 nitrogen and oxygen atoms in total. The van der Waals surface area contributed by atoms with E-state index in [-0.39, 0.29) is 46.6 Å². The quantitative estimate of drug-likeness (QED) is 0.103. The third-order valence-corrected chi connectivity index (χ3v) is 7.35. The molecule has 2 atom stereocenters. The predicted molar refractivity (Wildman–Crippen MR) is 156 cm³/mol. The molecule has 2 unspecified atom stereocenters. The van der Waals surface area contributed by atoms with Crippen LogP contribution in [0.15, 0.2) is 0 Å². The van der Waals surface area contributed by atoms with Crippen molar-refractivity contribution in [3.8, 4) is 0 Å². The molecular formula is C32H62O4Sn. The minimum atomic E-state index is -0.884. The van der Waals surface area contributed by atoms with E-state index in [1.807, 2.05) is 41.5 Å². The van der Waals surface area contributed by atoms with Crippen LogP contribution in [-0.2, 0) is 9.59 Å². The summed E-state index contributed by atoms with van der Waals surface area (Å²) in [6, 6.07) is 0. The van der Waals surface area contributed by atoms with E-state index in [9.17, 15) is 19.8 Å². The Hall–Kier alpha value is -0.261. The molecule has 0 aromatic heterocycles. The number of carbonyl (C=O) groups excluding carboxylic acids is 2. The molecule has 0 heterocycles. The summed E-state index contributed by atoms with van der Waals surface area (Å²) >= 11 is 0. The first-order chi connectivity index (χ1) is 16.8. The summed E-state index contributed by atoms with van der Waals surface area (Å²) in [5.74, 6) is -2.38. The van der Waals surface area contributed by atoms with Crippen molar-refractivity contribution in [3.05, 3.63) is 0 Å². The number of carboxylic acid groups (broad SMARTS) is 2. The predicted octanol–water partition coefficient (Wildman–Crippen LogP) is 7.48. The second-order valence-electron chi connectivity index (χ2n) is 13.0. The number of rotatable bonds is 20. The summed E-state index contributed by atoms with van der Waals surface area (Å²) in [6.07, 6.45) is 21.6. The van der Waals surface area contributed by atoms with Crippen molar-refractivity contribution in [1.82, 2.24) is 0 Å². The number of unbranched alkanes of at least 4 members (excludes halogenated alkanes) is 14. The Balaban J connectivity index is -0.000000608. The van der Waals surface area contributed by atoms with Gasteiger partial charge in [0.05, 0.1) is 0 Å². The van der Waals surface area contributed by atoms with E-state index in [0.717, 1.165) is 38.5 Å². The molecule has 0 aliphatic heterocycles. The van der Waals surface area contributed by atoms with Gasteiger partial charge in [0, 0.05) is 23.8 Å². The zero-order chi connectivity index (χ0) is 28.0. The molecular weight excluding hydrogens is 567 g/mol. The van der Waals surface area contributed by atoms with Crippen molar-refractivity contribution in [2.24, 2.45) is 22.7 Å². The van der Waals surface area contributed by atoms with E-state index < -0.39 is 11.9 Å². The number of aliphatic carboxylic acids is 2. The van der Waals surface area contributed by atoms with E-state index in [4.69, 9.17) is 0 Å². The van der Waals surface area contributed by atoms with Crippen LogP contribution < -0.4 is 10.2 Å². The average Bonchev–Trinajstić information content (AvgIpc) is 2.75. The van der Waals surface area contributed by atoms with E-state index in [2.05, 4.69) is 13.8 Å². The molecule has 2 radical (unpaired) electrons. The minimum Gasteiger partial charge on any atom is -0.550 e. The van der Waals surface area contributed by atoms with Crippen molar-refractivity contribution in [2.75, 3.05) is 0 Å². The van der Waals surface area contributed by atoms with E-state index in [0.29, 0.717) is 0 Å². The van der Waals surface area contributed by atoms with Crippen LogP contribution in [0.3, 0.4) is 0 Å². The Morgan fingerprint density at radius 1 is 0.486 bits per heavy atom. The van der Waals surface area contributed by atoms with Crippen LogP contribution in [0.1, 0.15) is 171 Å². The first kappa shape index (κ1) is 41.2. The molecule has 218 valence electrons. The molecule has 37 heavy (non-hydrogen) atoms. The van der Waals surface area contributed by atoms with Crippen molar-refractivity contribution < 1.29 is 19.8 Å². The fourth-order valence-electron chi connectivity index (χ4n) is 4.77. The van der Waals surface area contributed by atoms with Gasteiger partial charge in [-0.05, 0) is 23.7 Å². The van der Waals surface area contributed by atoms with Gasteiger partial charge in [-0.15, -0.1) is 0 Å². The van der Waals surface area contributed by atoms with E-state index >= 15 is 0 Å². The Kier molecular flexibility index (Phi) is 27.6. The number of hydrogen-bond donors (Lipinski definition) is 0. The monoisotopic (exact) mass is 630 g/mol. The van der Waals surface area contributed by atoms with Crippen LogP contribution in [0.2, 0.25) is 0 Å². The number of hydrogen-bond acceptors (Lipinski definition) is 4. The molecule has 0 aromatic carbocycles. The van der Waals surface area contributed by atoms with Crippen LogP contribution in [0.25, 0.3) is 0 Å². The molecule has 0 aliphatic rings. The maximum atomic E-state index is 11.1. The van der Waals surface area contributed by atoms with Crippen LogP contribution in [0, 0.1) is 22.7 Å². The van der Waals surface area contributed by atoms with Gasteiger partial charge in [0.25, 0.3) is 0 Å². The van der Waals surface area contributed by atoms with Gasteiger partial charge in [-0.1, -0.05) is 158 Å². The van der Waals surface area contributed by atoms with Crippen molar-refractivity contribution in [2.45, 2.75) is 171 Å². The third-order valence-electron chi connectivity index (χ3n) is 7.35. The van der Waals surface area contributed by atoms with Gasteiger partial charge in [0.1, 0.15) is 0 Å². The van der Waals surface area contributed by atoms with Gasteiger partial charge in [-0.3, -0.25) is 0 Å². The SMILES string of the molecule is CCCCCCCCCCC(C(=O)[O-])C(C)(C)C.CCCCCCCCCCC(C(=O)[O-])C(C)(C)C.[Sn+2]. The molecule has 0 spiro atoms. The Morgan fingerprint density at radius 2 is 0.703 bits per heavy atom. The summed E-state index contributed by atoms with van der Waals surface area (Å²) in [5, 5.41) is 22.1. The van der Waals surface area contributed by atoms with Crippen LogP contribution >= 0.6 is 0 Å². The first-order valence-corrected chi connectivity index (χ1v) is 15.2. The number of carbonyl (C=O) groups is 2. The molecule has 0 N–H and O–H groups in total. The van der Waals surface area contributed by atoms with Crippen molar-refractivity contribution >= 4 is 35.8 Å². The topological polar surface area (TPSA) is 80.3 Å². The zero-order valence-corrected chi connectivity index (χ0v) is 28.9. The summed E-state index contributed by atoms with van der Waals surface area (Å²) in [7, 11) is 0. The van der Waals surface area contributed by atoms with Gasteiger partial charge in [0.15, 0.2) is 0 Å². The van der Waals surface area contributed by atoms with Crippen LogP contribution in [0.5, 0.6) is 0 Å². The standard InChI is InChI=1S/2C16H32O2.Sn/c2*1-5-6-7-8-9-10-11-12-13-14(15(17)18)16(2,3)4;/h2*14H,5-13H2,1-4H3,(H,17,18);/q;;+2/p-2.